The number of rotatable bonds is 5. The van der Waals surface area contributed by atoms with Crippen molar-refractivity contribution in [3.05, 3.63) is 66.4 Å². The molecule has 2 atom stereocenters. The van der Waals surface area contributed by atoms with Gasteiger partial charge in [-0.3, -0.25) is 9.78 Å². The molecule has 1 saturated carbocycles. The molecule has 0 bridgehead atoms. The van der Waals surface area contributed by atoms with Crippen LogP contribution in [0.15, 0.2) is 55.0 Å². The van der Waals surface area contributed by atoms with Crippen molar-refractivity contribution in [2.24, 2.45) is 11.8 Å². The number of nitrogens with one attached hydrogen (secondary N) is 1. The van der Waals surface area contributed by atoms with Crippen molar-refractivity contribution < 1.29 is 4.79 Å². The van der Waals surface area contributed by atoms with Crippen molar-refractivity contribution in [3.63, 3.8) is 0 Å². The van der Waals surface area contributed by atoms with Gasteiger partial charge in [-0.05, 0) is 42.5 Å². The van der Waals surface area contributed by atoms with Crippen LogP contribution < -0.4 is 5.32 Å². The molecule has 136 valence electrons. The molecule has 1 N–H and O–H groups in total. The SMILES string of the molecule is Cc1ncc(-c2ccncc2)c(-c2ccc(CNC(=O)[C@@H]3C[C@H]3C)cc2)n1. The molecule has 27 heavy (non-hydrogen) atoms. The molecule has 0 spiro atoms. The first-order chi connectivity index (χ1) is 13.1. The van der Waals surface area contributed by atoms with Crippen LogP contribution >= 0.6 is 0 Å². The monoisotopic (exact) mass is 358 g/mol. The molecule has 2 aromatic heterocycles. The van der Waals surface area contributed by atoms with E-state index >= 15 is 0 Å². The van der Waals surface area contributed by atoms with E-state index in [1.54, 1.807) is 12.4 Å². The molecular formula is C22H22N4O. The molecule has 0 saturated heterocycles. The minimum absolute atomic E-state index is 0.165. The Hall–Kier alpha value is -3.08. The number of pyridine rings is 1. The van der Waals surface area contributed by atoms with Crippen LogP contribution in [0.3, 0.4) is 0 Å². The summed E-state index contributed by atoms with van der Waals surface area (Å²) in [4.78, 5) is 25.1. The number of aromatic nitrogens is 3. The average Bonchev–Trinajstić information content (AvgIpc) is 3.44. The standard InChI is InChI=1S/C22H22N4O/c1-14-11-19(14)22(27)25-12-16-3-5-18(6-4-16)21-20(13-24-15(2)26-21)17-7-9-23-10-8-17/h3-10,13-14,19H,11-12H2,1-2H3,(H,25,27)/t14-,19-/m1/s1. The fraction of sp³-hybridized carbons (Fsp3) is 0.273. The van der Waals surface area contributed by atoms with Crippen molar-refractivity contribution in [1.82, 2.24) is 20.3 Å². The van der Waals surface area contributed by atoms with Gasteiger partial charge in [0.25, 0.3) is 0 Å². The van der Waals surface area contributed by atoms with Crippen molar-refractivity contribution in [1.29, 1.82) is 0 Å². The van der Waals surface area contributed by atoms with E-state index in [-0.39, 0.29) is 11.8 Å². The van der Waals surface area contributed by atoms with Crippen molar-refractivity contribution in [2.75, 3.05) is 0 Å². The number of benzene rings is 1. The fourth-order valence-corrected chi connectivity index (χ4v) is 3.22. The molecule has 0 aliphatic heterocycles. The Balaban J connectivity index is 1.55. The molecule has 1 aromatic carbocycles. The minimum atomic E-state index is 0.165. The van der Waals surface area contributed by atoms with Crippen molar-refractivity contribution in [2.45, 2.75) is 26.8 Å². The fourth-order valence-electron chi connectivity index (χ4n) is 3.22. The van der Waals surface area contributed by atoms with Crippen LogP contribution in [0.1, 0.15) is 24.7 Å². The summed E-state index contributed by atoms with van der Waals surface area (Å²) in [5, 5.41) is 3.03. The van der Waals surface area contributed by atoms with Crippen LogP contribution in [0.2, 0.25) is 0 Å². The van der Waals surface area contributed by atoms with Crippen LogP contribution in [0.25, 0.3) is 22.4 Å². The van der Waals surface area contributed by atoms with Crippen LogP contribution in [0, 0.1) is 18.8 Å². The minimum Gasteiger partial charge on any atom is -0.352 e. The van der Waals surface area contributed by atoms with Gasteiger partial charge in [-0.1, -0.05) is 31.2 Å². The highest BCUT2D eigenvalue weighted by Crippen LogP contribution is 2.37. The summed E-state index contributed by atoms with van der Waals surface area (Å²) in [5.41, 5.74) is 5.02. The molecule has 5 heteroatoms. The lowest BCUT2D eigenvalue weighted by atomic mass is 10.0. The van der Waals surface area contributed by atoms with Gasteiger partial charge in [0.05, 0.1) is 5.69 Å². The first-order valence-corrected chi connectivity index (χ1v) is 9.23. The Kier molecular flexibility index (Phi) is 4.67. The third kappa shape index (κ3) is 3.87. The van der Waals surface area contributed by atoms with Gasteiger partial charge >= 0.3 is 0 Å². The van der Waals surface area contributed by atoms with Crippen LogP contribution in [0.5, 0.6) is 0 Å². The molecule has 5 nitrogen and oxygen atoms in total. The summed E-state index contributed by atoms with van der Waals surface area (Å²) in [5.74, 6) is 1.63. The quantitative estimate of drug-likeness (QED) is 0.753. The summed E-state index contributed by atoms with van der Waals surface area (Å²) in [7, 11) is 0. The first-order valence-electron chi connectivity index (χ1n) is 9.23. The average molecular weight is 358 g/mol. The second-order valence-corrected chi connectivity index (χ2v) is 7.15. The van der Waals surface area contributed by atoms with Gasteiger partial charge in [0.2, 0.25) is 5.91 Å². The van der Waals surface area contributed by atoms with E-state index in [2.05, 4.69) is 27.2 Å². The smallest absolute Gasteiger partial charge is 0.223 e. The molecule has 1 fully saturated rings. The third-order valence-corrected chi connectivity index (χ3v) is 5.04. The number of nitrogens with zero attached hydrogens (tertiary/aromatic N) is 3. The number of hydrogen-bond acceptors (Lipinski definition) is 4. The summed E-state index contributed by atoms with van der Waals surface area (Å²) in [6, 6.07) is 12.1. The van der Waals surface area contributed by atoms with Crippen molar-refractivity contribution >= 4 is 5.91 Å². The predicted molar refractivity (Wildman–Crippen MR) is 105 cm³/mol. The maximum atomic E-state index is 12.0. The predicted octanol–water partition coefficient (Wildman–Crippen LogP) is 3.79. The van der Waals surface area contributed by atoms with E-state index in [1.807, 2.05) is 49.5 Å². The highest BCUT2D eigenvalue weighted by Gasteiger charge is 2.38. The highest BCUT2D eigenvalue weighted by atomic mass is 16.2. The highest BCUT2D eigenvalue weighted by molar-refractivity contribution is 5.81. The number of hydrogen-bond donors (Lipinski definition) is 1. The van der Waals surface area contributed by atoms with E-state index in [9.17, 15) is 4.79 Å². The number of carbonyl (C=O) groups is 1. The van der Waals surface area contributed by atoms with E-state index in [0.717, 1.165) is 40.2 Å². The molecule has 1 aliphatic rings. The molecule has 2 heterocycles. The topological polar surface area (TPSA) is 67.8 Å². The summed E-state index contributed by atoms with van der Waals surface area (Å²) in [6.45, 7) is 4.56. The lowest BCUT2D eigenvalue weighted by Gasteiger charge is -2.11. The van der Waals surface area contributed by atoms with Gasteiger partial charge in [-0.2, -0.15) is 0 Å². The molecular weight excluding hydrogens is 336 g/mol. The normalized spacial score (nSPS) is 18.1. The first kappa shape index (κ1) is 17.3. The second kappa shape index (κ2) is 7.27. The molecule has 4 rings (SSSR count). The Morgan fingerprint density at radius 2 is 1.81 bits per heavy atom. The summed E-state index contributed by atoms with van der Waals surface area (Å²) < 4.78 is 0. The number of amides is 1. The zero-order valence-electron chi connectivity index (χ0n) is 15.5. The summed E-state index contributed by atoms with van der Waals surface area (Å²) in [6.07, 6.45) is 6.41. The van der Waals surface area contributed by atoms with Gasteiger partial charge < -0.3 is 5.32 Å². The van der Waals surface area contributed by atoms with Gasteiger partial charge in [0.15, 0.2) is 0 Å². The van der Waals surface area contributed by atoms with Gasteiger partial charge in [-0.15, -0.1) is 0 Å². The Morgan fingerprint density at radius 1 is 1.11 bits per heavy atom. The summed E-state index contributed by atoms with van der Waals surface area (Å²) >= 11 is 0. The lowest BCUT2D eigenvalue weighted by molar-refractivity contribution is -0.122. The van der Waals surface area contributed by atoms with Crippen LogP contribution in [0.4, 0.5) is 0 Å². The van der Waals surface area contributed by atoms with E-state index in [4.69, 9.17) is 0 Å². The Labute approximate surface area is 158 Å². The maximum absolute atomic E-state index is 12.0. The van der Waals surface area contributed by atoms with E-state index in [1.165, 1.54) is 0 Å². The Morgan fingerprint density at radius 3 is 2.48 bits per heavy atom. The maximum Gasteiger partial charge on any atom is 0.223 e. The Bertz CT molecular complexity index is 954. The molecule has 0 unspecified atom stereocenters. The van der Waals surface area contributed by atoms with E-state index in [0.29, 0.717) is 12.5 Å². The largest absolute Gasteiger partial charge is 0.352 e. The third-order valence-electron chi connectivity index (χ3n) is 5.04. The molecule has 1 aliphatic carbocycles. The number of carbonyl (C=O) groups excluding carboxylic acids is 1. The second-order valence-electron chi connectivity index (χ2n) is 7.15. The van der Waals surface area contributed by atoms with Crippen LogP contribution in [-0.2, 0) is 11.3 Å². The van der Waals surface area contributed by atoms with Gasteiger partial charge in [0.1, 0.15) is 5.82 Å². The molecule has 0 radical (unpaired) electrons. The van der Waals surface area contributed by atoms with Crippen LogP contribution in [-0.4, -0.2) is 20.9 Å². The zero-order valence-corrected chi connectivity index (χ0v) is 15.5. The molecule has 3 aromatic rings. The zero-order chi connectivity index (χ0) is 18.8. The van der Waals surface area contributed by atoms with E-state index < -0.39 is 0 Å². The van der Waals surface area contributed by atoms with Crippen molar-refractivity contribution in [3.8, 4) is 22.4 Å². The lowest BCUT2D eigenvalue weighted by Crippen LogP contribution is -2.24. The van der Waals surface area contributed by atoms with Gasteiger partial charge in [-0.25, -0.2) is 9.97 Å². The van der Waals surface area contributed by atoms with Gasteiger partial charge in [0, 0.05) is 42.2 Å². The number of aryl methyl sites for hydroxylation is 1. The molecule has 1 amide bonds.